The smallest absolute Gasteiger partial charge is 0.222 e. The highest BCUT2D eigenvalue weighted by Crippen LogP contribution is 2.32. The van der Waals surface area contributed by atoms with Gasteiger partial charge in [0.05, 0.1) is 5.69 Å². The standard InChI is InChI=1S/C18H12BrF3N2S/c19-14-8-6-13(7-9-14)15-10-16(18(20,21)22)24-17(23-15)25-11-12-4-2-1-3-5-12/h1-10H,11H2. The highest BCUT2D eigenvalue weighted by molar-refractivity contribution is 9.10. The molecule has 0 amide bonds. The van der Waals surface area contributed by atoms with Gasteiger partial charge in [0.1, 0.15) is 5.69 Å². The van der Waals surface area contributed by atoms with E-state index in [9.17, 15) is 13.2 Å². The first-order valence-corrected chi connectivity index (χ1v) is 9.08. The topological polar surface area (TPSA) is 25.8 Å². The number of rotatable bonds is 4. The van der Waals surface area contributed by atoms with Crippen molar-refractivity contribution in [3.63, 3.8) is 0 Å². The first-order valence-electron chi connectivity index (χ1n) is 7.31. The fourth-order valence-corrected chi connectivity index (χ4v) is 3.20. The molecule has 128 valence electrons. The van der Waals surface area contributed by atoms with Gasteiger partial charge in [0.2, 0.25) is 0 Å². The quantitative estimate of drug-likeness (QED) is 0.367. The minimum absolute atomic E-state index is 0.108. The number of benzene rings is 2. The molecule has 0 atom stereocenters. The molecule has 3 rings (SSSR count). The minimum atomic E-state index is -4.52. The number of hydrogen-bond acceptors (Lipinski definition) is 3. The molecule has 0 aliphatic heterocycles. The molecule has 25 heavy (non-hydrogen) atoms. The van der Waals surface area contributed by atoms with E-state index in [2.05, 4.69) is 25.9 Å². The van der Waals surface area contributed by atoms with E-state index >= 15 is 0 Å². The third-order valence-electron chi connectivity index (χ3n) is 3.35. The lowest BCUT2D eigenvalue weighted by Crippen LogP contribution is -2.10. The van der Waals surface area contributed by atoms with Gasteiger partial charge in [-0.1, -0.05) is 70.2 Å². The maximum Gasteiger partial charge on any atom is 0.433 e. The zero-order chi connectivity index (χ0) is 17.9. The van der Waals surface area contributed by atoms with Crippen LogP contribution in [0.1, 0.15) is 11.3 Å². The summed E-state index contributed by atoms with van der Waals surface area (Å²) >= 11 is 4.50. The summed E-state index contributed by atoms with van der Waals surface area (Å²) in [7, 11) is 0. The second-order valence-corrected chi connectivity index (χ2v) is 7.06. The van der Waals surface area contributed by atoms with Crippen LogP contribution in [-0.4, -0.2) is 9.97 Å². The maximum absolute atomic E-state index is 13.2. The molecule has 0 aliphatic carbocycles. The molecule has 0 fully saturated rings. The Morgan fingerprint density at radius 3 is 2.24 bits per heavy atom. The molecular weight excluding hydrogens is 413 g/mol. The molecule has 1 aromatic heterocycles. The average Bonchev–Trinajstić information content (AvgIpc) is 2.60. The summed E-state index contributed by atoms with van der Waals surface area (Å²) < 4.78 is 40.4. The van der Waals surface area contributed by atoms with E-state index in [1.54, 1.807) is 24.3 Å². The lowest BCUT2D eigenvalue weighted by Gasteiger charge is -2.10. The van der Waals surface area contributed by atoms with Crippen LogP contribution in [0.15, 0.2) is 70.3 Å². The van der Waals surface area contributed by atoms with Crippen molar-refractivity contribution in [2.24, 2.45) is 0 Å². The van der Waals surface area contributed by atoms with E-state index in [1.807, 2.05) is 30.3 Å². The normalized spacial score (nSPS) is 11.5. The Kier molecular flexibility index (Phi) is 5.44. The number of alkyl halides is 3. The molecule has 0 saturated heterocycles. The first kappa shape index (κ1) is 17.9. The Bertz CT molecular complexity index is 852. The van der Waals surface area contributed by atoms with Crippen LogP contribution in [0.5, 0.6) is 0 Å². The molecule has 2 aromatic carbocycles. The summed E-state index contributed by atoms with van der Waals surface area (Å²) in [5.41, 5.74) is 0.928. The van der Waals surface area contributed by atoms with Gasteiger partial charge in [0.25, 0.3) is 0 Å². The second kappa shape index (κ2) is 7.58. The molecule has 0 saturated carbocycles. The van der Waals surface area contributed by atoms with Crippen LogP contribution in [0.4, 0.5) is 13.2 Å². The molecule has 0 spiro atoms. The summed E-state index contributed by atoms with van der Waals surface area (Å²) in [5.74, 6) is 0.502. The van der Waals surface area contributed by atoms with Gasteiger partial charge in [-0.15, -0.1) is 0 Å². The van der Waals surface area contributed by atoms with Gasteiger partial charge in [-0.2, -0.15) is 13.2 Å². The van der Waals surface area contributed by atoms with Gasteiger partial charge in [0, 0.05) is 15.8 Å². The SMILES string of the molecule is FC(F)(F)c1cc(-c2ccc(Br)cc2)nc(SCc2ccccc2)n1. The second-order valence-electron chi connectivity index (χ2n) is 5.20. The fraction of sp³-hybridized carbons (Fsp3) is 0.111. The van der Waals surface area contributed by atoms with E-state index in [0.29, 0.717) is 11.3 Å². The highest BCUT2D eigenvalue weighted by atomic mass is 79.9. The fourth-order valence-electron chi connectivity index (χ4n) is 2.13. The Morgan fingerprint density at radius 2 is 1.60 bits per heavy atom. The van der Waals surface area contributed by atoms with Crippen LogP contribution >= 0.6 is 27.7 Å². The van der Waals surface area contributed by atoms with Crippen molar-refractivity contribution >= 4 is 27.7 Å². The van der Waals surface area contributed by atoms with Crippen molar-refractivity contribution in [3.8, 4) is 11.3 Å². The molecule has 0 bridgehead atoms. The van der Waals surface area contributed by atoms with Crippen molar-refractivity contribution in [3.05, 3.63) is 76.4 Å². The lowest BCUT2D eigenvalue weighted by atomic mass is 10.1. The molecule has 7 heteroatoms. The van der Waals surface area contributed by atoms with Gasteiger partial charge in [-0.05, 0) is 23.8 Å². The van der Waals surface area contributed by atoms with E-state index in [4.69, 9.17) is 0 Å². The van der Waals surface area contributed by atoms with Crippen molar-refractivity contribution in [2.45, 2.75) is 17.1 Å². The molecule has 3 aromatic rings. The summed E-state index contributed by atoms with van der Waals surface area (Å²) in [6.07, 6.45) is -4.52. The monoisotopic (exact) mass is 424 g/mol. The summed E-state index contributed by atoms with van der Waals surface area (Å²) in [6.45, 7) is 0. The number of thioether (sulfide) groups is 1. The van der Waals surface area contributed by atoms with E-state index < -0.39 is 11.9 Å². The van der Waals surface area contributed by atoms with E-state index in [1.165, 1.54) is 11.8 Å². The number of aromatic nitrogens is 2. The largest absolute Gasteiger partial charge is 0.433 e. The molecule has 2 nitrogen and oxygen atoms in total. The number of nitrogens with zero attached hydrogens (tertiary/aromatic N) is 2. The molecule has 0 N–H and O–H groups in total. The minimum Gasteiger partial charge on any atom is -0.222 e. The Morgan fingerprint density at radius 1 is 0.920 bits per heavy atom. The van der Waals surface area contributed by atoms with Gasteiger partial charge in [-0.3, -0.25) is 0 Å². The number of halogens is 4. The number of hydrogen-bond donors (Lipinski definition) is 0. The van der Waals surface area contributed by atoms with Crippen LogP contribution in [-0.2, 0) is 11.9 Å². The highest BCUT2D eigenvalue weighted by Gasteiger charge is 2.33. The van der Waals surface area contributed by atoms with Crippen molar-refractivity contribution in [1.82, 2.24) is 9.97 Å². The molecule has 0 radical (unpaired) electrons. The molecule has 0 unspecified atom stereocenters. The summed E-state index contributed by atoms with van der Waals surface area (Å²) in [4.78, 5) is 7.98. The zero-order valence-corrected chi connectivity index (χ0v) is 15.2. The van der Waals surface area contributed by atoms with E-state index in [0.717, 1.165) is 16.1 Å². The zero-order valence-electron chi connectivity index (χ0n) is 12.8. The van der Waals surface area contributed by atoms with Crippen molar-refractivity contribution in [1.29, 1.82) is 0 Å². The van der Waals surface area contributed by atoms with Gasteiger partial charge >= 0.3 is 6.18 Å². The van der Waals surface area contributed by atoms with Gasteiger partial charge in [-0.25, -0.2) is 9.97 Å². The van der Waals surface area contributed by atoms with Crippen LogP contribution in [0.25, 0.3) is 11.3 Å². The van der Waals surface area contributed by atoms with Crippen LogP contribution < -0.4 is 0 Å². The summed E-state index contributed by atoms with van der Waals surface area (Å²) in [6, 6.07) is 17.4. The Labute approximate surface area is 155 Å². The predicted molar refractivity (Wildman–Crippen MR) is 96.2 cm³/mol. The molecular formula is C18H12BrF3N2S. The van der Waals surface area contributed by atoms with Crippen molar-refractivity contribution in [2.75, 3.05) is 0 Å². The maximum atomic E-state index is 13.2. The predicted octanol–water partition coefficient (Wildman–Crippen LogP) is 6.22. The van der Waals surface area contributed by atoms with E-state index in [-0.39, 0.29) is 10.9 Å². The van der Waals surface area contributed by atoms with Crippen LogP contribution in [0.2, 0.25) is 0 Å². The van der Waals surface area contributed by atoms with Gasteiger partial charge in [0.15, 0.2) is 5.16 Å². The van der Waals surface area contributed by atoms with Crippen LogP contribution in [0, 0.1) is 0 Å². The average molecular weight is 425 g/mol. The molecule has 1 heterocycles. The molecule has 0 aliphatic rings. The lowest BCUT2D eigenvalue weighted by molar-refractivity contribution is -0.141. The first-order chi connectivity index (χ1) is 11.9. The third-order valence-corrected chi connectivity index (χ3v) is 4.79. The Balaban J connectivity index is 1.94. The van der Waals surface area contributed by atoms with Crippen LogP contribution in [0.3, 0.4) is 0 Å². The third kappa shape index (κ3) is 4.83. The summed E-state index contributed by atoms with van der Waals surface area (Å²) in [5, 5.41) is 0.108. The van der Waals surface area contributed by atoms with Crippen molar-refractivity contribution < 1.29 is 13.2 Å². The van der Waals surface area contributed by atoms with Gasteiger partial charge < -0.3 is 0 Å². The Hall–Kier alpha value is -1.86.